The largest absolute Gasteiger partial charge is 0.454 e. The Kier molecular flexibility index (Phi) is 9.21. The summed E-state index contributed by atoms with van der Waals surface area (Å²) in [5.41, 5.74) is 0.158. The Morgan fingerprint density at radius 1 is 1.02 bits per heavy atom. The number of urea groups is 1. The summed E-state index contributed by atoms with van der Waals surface area (Å²) in [7, 11) is 0. The summed E-state index contributed by atoms with van der Waals surface area (Å²) >= 11 is 0. The number of hydrogen-bond donors (Lipinski definition) is 2. The number of hydrogen-bond acceptors (Lipinski definition) is 9. The summed E-state index contributed by atoms with van der Waals surface area (Å²) in [5.74, 6) is -1.01. The maximum absolute atomic E-state index is 15.1. The predicted octanol–water partition coefficient (Wildman–Crippen LogP) is 5.03. The molecule has 1 atom stereocenters. The van der Waals surface area contributed by atoms with Crippen molar-refractivity contribution < 1.29 is 23.5 Å². The molecular formula is C31H37FN8O4. The van der Waals surface area contributed by atoms with E-state index in [4.69, 9.17) is 4.74 Å². The molecule has 4 amide bonds. The van der Waals surface area contributed by atoms with Crippen molar-refractivity contribution in [3.8, 4) is 11.5 Å². The first-order chi connectivity index (χ1) is 21.1. The van der Waals surface area contributed by atoms with Crippen molar-refractivity contribution in [1.82, 2.24) is 24.8 Å². The van der Waals surface area contributed by atoms with Crippen LogP contribution in [-0.4, -0.2) is 74.8 Å². The molecule has 4 heterocycles. The fraction of sp³-hybridized carbons (Fsp3) is 0.419. The Labute approximate surface area is 255 Å². The van der Waals surface area contributed by atoms with Gasteiger partial charge in [0.05, 0.1) is 0 Å². The number of benzene rings is 1. The number of aromatic nitrogens is 3. The van der Waals surface area contributed by atoms with E-state index in [1.165, 1.54) is 23.2 Å². The van der Waals surface area contributed by atoms with Crippen LogP contribution in [0.25, 0.3) is 0 Å². The highest BCUT2D eigenvalue weighted by Crippen LogP contribution is 2.29. The number of imide groups is 1. The molecule has 2 aromatic heterocycles. The minimum atomic E-state index is -1.11. The van der Waals surface area contributed by atoms with E-state index in [0.717, 1.165) is 36.9 Å². The van der Waals surface area contributed by atoms with Gasteiger partial charge in [-0.2, -0.15) is 4.98 Å². The number of carbonyl (C=O) groups is 3. The molecule has 5 rings (SSSR count). The Balaban J connectivity index is 1.24. The zero-order valence-electron chi connectivity index (χ0n) is 25.3. The van der Waals surface area contributed by atoms with Crippen LogP contribution in [0, 0.1) is 17.7 Å². The van der Waals surface area contributed by atoms with Gasteiger partial charge in [0.1, 0.15) is 23.3 Å². The number of nitrogens with one attached hydrogen (secondary N) is 2. The standard InChI is InChI=1S/C31H37FN8O4/c1-19(2)17-40-29(42)23(18-39(20(3)4)31(40)43)28(41)35-21-7-8-25(24(32)15-21)44-22-9-11-33-27(16-22)36-26-10-12-34-30(37-26)38-13-5-6-14-38/h7-12,15-16,19-20,23H,5-6,13-14,17-18H2,1-4H3,(H,35,41)(H,33,34,36,37). The fourth-order valence-corrected chi connectivity index (χ4v) is 5.13. The van der Waals surface area contributed by atoms with Gasteiger partial charge < -0.3 is 25.2 Å². The molecular weight excluding hydrogens is 567 g/mol. The fourth-order valence-electron chi connectivity index (χ4n) is 5.13. The Hall–Kier alpha value is -4.81. The smallest absolute Gasteiger partial charge is 0.326 e. The van der Waals surface area contributed by atoms with E-state index < -0.39 is 29.6 Å². The van der Waals surface area contributed by atoms with Crippen molar-refractivity contribution in [2.45, 2.75) is 46.6 Å². The van der Waals surface area contributed by atoms with E-state index in [-0.39, 0.29) is 36.5 Å². The van der Waals surface area contributed by atoms with Gasteiger partial charge in [-0.25, -0.2) is 19.2 Å². The van der Waals surface area contributed by atoms with Gasteiger partial charge in [0.15, 0.2) is 11.6 Å². The lowest BCUT2D eigenvalue weighted by Crippen LogP contribution is -2.61. The normalized spacial score (nSPS) is 17.1. The molecule has 2 aliphatic heterocycles. The molecule has 2 N–H and O–H groups in total. The zero-order valence-corrected chi connectivity index (χ0v) is 25.3. The lowest BCUT2D eigenvalue weighted by molar-refractivity contribution is -0.142. The van der Waals surface area contributed by atoms with Crippen LogP contribution in [0.4, 0.5) is 32.5 Å². The number of nitrogens with zero attached hydrogens (tertiary/aromatic N) is 6. The molecule has 232 valence electrons. The molecule has 0 spiro atoms. The lowest BCUT2D eigenvalue weighted by Gasteiger charge is -2.40. The second kappa shape index (κ2) is 13.2. The van der Waals surface area contributed by atoms with Gasteiger partial charge in [-0.05, 0) is 56.9 Å². The van der Waals surface area contributed by atoms with Crippen molar-refractivity contribution in [3.05, 3.63) is 54.6 Å². The van der Waals surface area contributed by atoms with E-state index in [9.17, 15) is 14.4 Å². The molecule has 0 saturated carbocycles. The summed E-state index contributed by atoms with van der Waals surface area (Å²) in [6.07, 6.45) is 5.44. The zero-order chi connectivity index (χ0) is 31.4. The number of halogens is 1. The van der Waals surface area contributed by atoms with Crippen molar-refractivity contribution in [1.29, 1.82) is 0 Å². The van der Waals surface area contributed by atoms with Crippen LogP contribution in [0.15, 0.2) is 48.8 Å². The molecule has 1 aromatic carbocycles. The monoisotopic (exact) mass is 604 g/mol. The third-order valence-electron chi connectivity index (χ3n) is 7.35. The highest BCUT2D eigenvalue weighted by Gasteiger charge is 2.43. The number of ether oxygens (including phenoxy) is 1. The topological polar surface area (TPSA) is 133 Å². The van der Waals surface area contributed by atoms with Crippen molar-refractivity contribution in [3.63, 3.8) is 0 Å². The van der Waals surface area contributed by atoms with E-state index >= 15 is 4.39 Å². The average Bonchev–Trinajstić information content (AvgIpc) is 3.52. The number of amides is 4. The predicted molar refractivity (Wildman–Crippen MR) is 163 cm³/mol. The van der Waals surface area contributed by atoms with Crippen LogP contribution in [0.5, 0.6) is 11.5 Å². The van der Waals surface area contributed by atoms with Crippen LogP contribution in [0.3, 0.4) is 0 Å². The molecule has 0 bridgehead atoms. The minimum Gasteiger partial charge on any atom is -0.454 e. The first-order valence-corrected chi connectivity index (χ1v) is 14.8. The first-order valence-electron chi connectivity index (χ1n) is 14.8. The average molecular weight is 605 g/mol. The molecule has 44 heavy (non-hydrogen) atoms. The van der Waals surface area contributed by atoms with E-state index in [0.29, 0.717) is 23.3 Å². The molecule has 3 aromatic rings. The molecule has 12 nitrogen and oxygen atoms in total. The molecule has 2 fully saturated rings. The van der Waals surface area contributed by atoms with Crippen molar-refractivity contribution in [2.75, 3.05) is 41.7 Å². The van der Waals surface area contributed by atoms with Crippen LogP contribution in [0.1, 0.15) is 40.5 Å². The number of anilines is 4. The maximum atomic E-state index is 15.1. The Morgan fingerprint density at radius 3 is 2.48 bits per heavy atom. The third-order valence-corrected chi connectivity index (χ3v) is 7.35. The summed E-state index contributed by atoms with van der Waals surface area (Å²) in [4.78, 5) is 57.1. The van der Waals surface area contributed by atoms with E-state index in [1.54, 1.807) is 24.4 Å². The van der Waals surface area contributed by atoms with Gasteiger partial charge in [-0.15, -0.1) is 0 Å². The van der Waals surface area contributed by atoms with Gasteiger partial charge in [-0.3, -0.25) is 14.5 Å². The Bertz CT molecular complexity index is 1530. The highest BCUT2D eigenvalue weighted by molar-refractivity contribution is 6.12. The highest BCUT2D eigenvalue weighted by atomic mass is 19.1. The summed E-state index contributed by atoms with van der Waals surface area (Å²) in [5, 5.41) is 5.76. The summed E-state index contributed by atoms with van der Waals surface area (Å²) in [6, 6.07) is 8.34. The van der Waals surface area contributed by atoms with Gasteiger partial charge in [0.25, 0.3) is 0 Å². The summed E-state index contributed by atoms with van der Waals surface area (Å²) < 4.78 is 20.9. The number of carbonyl (C=O) groups excluding carboxylic acids is 3. The van der Waals surface area contributed by atoms with Gasteiger partial charge in [0, 0.05) is 62.4 Å². The van der Waals surface area contributed by atoms with Gasteiger partial charge >= 0.3 is 6.03 Å². The second-order valence-electron chi connectivity index (χ2n) is 11.6. The first kappa shape index (κ1) is 30.6. The molecule has 0 aliphatic carbocycles. The summed E-state index contributed by atoms with van der Waals surface area (Å²) in [6.45, 7) is 9.44. The third kappa shape index (κ3) is 7.04. The Morgan fingerprint density at radius 2 is 1.77 bits per heavy atom. The molecule has 13 heteroatoms. The van der Waals surface area contributed by atoms with Crippen LogP contribution in [-0.2, 0) is 9.59 Å². The molecule has 2 saturated heterocycles. The number of pyridine rings is 1. The van der Waals surface area contributed by atoms with Crippen molar-refractivity contribution in [2.24, 2.45) is 11.8 Å². The molecule has 0 radical (unpaired) electrons. The van der Waals surface area contributed by atoms with Crippen molar-refractivity contribution >= 4 is 41.1 Å². The molecule has 1 unspecified atom stereocenters. The SMILES string of the molecule is CC(C)CN1C(=O)C(C(=O)Nc2ccc(Oc3ccnc(Nc4ccnc(N5CCCC5)n4)c3)c(F)c2)CN(C(C)C)C1=O. The van der Waals surface area contributed by atoms with E-state index in [1.807, 2.05) is 27.7 Å². The second-order valence-corrected chi connectivity index (χ2v) is 11.6. The van der Waals surface area contributed by atoms with Crippen LogP contribution < -0.4 is 20.3 Å². The van der Waals surface area contributed by atoms with Crippen LogP contribution >= 0.6 is 0 Å². The molecule has 2 aliphatic rings. The van der Waals surface area contributed by atoms with Crippen LogP contribution in [0.2, 0.25) is 0 Å². The van der Waals surface area contributed by atoms with Gasteiger partial charge in [-0.1, -0.05) is 13.8 Å². The lowest BCUT2D eigenvalue weighted by atomic mass is 10.0. The quantitative estimate of drug-likeness (QED) is 0.306. The number of rotatable bonds is 10. The maximum Gasteiger partial charge on any atom is 0.326 e. The van der Waals surface area contributed by atoms with Gasteiger partial charge in [0.2, 0.25) is 17.8 Å². The minimum absolute atomic E-state index is 0.0348. The van der Waals surface area contributed by atoms with E-state index in [2.05, 4.69) is 30.5 Å².